The molecule has 0 bridgehead atoms. The largest absolute Gasteiger partial charge is 0.243 e. The van der Waals surface area contributed by atoms with Crippen LogP contribution in [0.5, 0.6) is 0 Å². The predicted molar refractivity (Wildman–Crippen MR) is 87.2 cm³/mol. The summed E-state index contributed by atoms with van der Waals surface area (Å²) >= 11 is 5.94. The van der Waals surface area contributed by atoms with E-state index < -0.39 is 10.0 Å². The van der Waals surface area contributed by atoms with Crippen molar-refractivity contribution in [2.24, 2.45) is 5.92 Å². The van der Waals surface area contributed by atoms with Crippen LogP contribution in [0.25, 0.3) is 0 Å². The summed E-state index contributed by atoms with van der Waals surface area (Å²) in [6.07, 6.45) is 2.01. The standard InChI is InChI=1S/C16H24ClNO2S/c1-11-5-6-14(4)18(10-11)21(19,20)16-8-15(9-17)12(2)7-13(16)3/h7-8,11,14H,5-6,9-10H2,1-4H3. The molecule has 5 heteroatoms. The van der Waals surface area contributed by atoms with Gasteiger partial charge in [0.15, 0.2) is 0 Å². The summed E-state index contributed by atoms with van der Waals surface area (Å²) in [5.74, 6) is 0.745. The minimum Gasteiger partial charge on any atom is -0.207 e. The van der Waals surface area contributed by atoms with Crippen molar-refractivity contribution in [1.82, 2.24) is 4.31 Å². The zero-order valence-electron chi connectivity index (χ0n) is 13.2. The van der Waals surface area contributed by atoms with Crippen LogP contribution in [0.3, 0.4) is 0 Å². The second kappa shape index (κ2) is 6.27. The minimum absolute atomic E-state index is 0.0614. The van der Waals surface area contributed by atoms with Gasteiger partial charge in [0.25, 0.3) is 0 Å². The molecule has 0 radical (unpaired) electrons. The summed E-state index contributed by atoms with van der Waals surface area (Å²) in [5.41, 5.74) is 2.73. The van der Waals surface area contributed by atoms with Gasteiger partial charge in [0, 0.05) is 18.5 Å². The first-order chi connectivity index (χ1) is 9.77. The molecular formula is C16H24ClNO2S. The molecule has 1 aliphatic heterocycles. The third kappa shape index (κ3) is 3.27. The van der Waals surface area contributed by atoms with E-state index in [2.05, 4.69) is 6.92 Å². The molecule has 0 aromatic heterocycles. The van der Waals surface area contributed by atoms with Gasteiger partial charge in [0.05, 0.1) is 4.90 Å². The second-order valence-corrected chi connectivity index (χ2v) is 8.41. The maximum atomic E-state index is 13.0. The molecule has 1 aromatic carbocycles. The number of nitrogens with zero attached hydrogens (tertiary/aromatic N) is 1. The summed E-state index contributed by atoms with van der Waals surface area (Å²) in [5, 5.41) is 0. The molecule has 0 aliphatic carbocycles. The van der Waals surface area contributed by atoms with E-state index in [1.54, 1.807) is 10.4 Å². The van der Waals surface area contributed by atoms with E-state index in [1.807, 2.05) is 26.8 Å². The van der Waals surface area contributed by atoms with Crippen LogP contribution in [0.4, 0.5) is 0 Å². The SMILES string of the molecule is Cc1cc(C)c(S(=O)(=O)N2CC(C)CCC2C)cc1CCl. The molecule has 3 nitrogen and oxygen atoms in total. The number of piperidine rings is 1. The topological polar surface area (TPSA) is 37.4 Å². The number of halogens is 1. The highest BCUT2D eigenvalue weighted by Crippen LogP contribution is 2.30. The highest BCUT2D eigenvalue weighted by atomic mass is 35.5. The van der Waals surface area contributed by atoms with Gasteiger partial charge < -0.3 is 0 Å². The number of rotatable bonds is 3. The number of hydrogen-bond acceptors (Lipinski definition) is 2. The summed E-state index contributed by atoms with van der Waals surface area (Å²) in [6, 6.07) is 3.73. The number of benzene rings is 1. The number of hydrogen-bond donors (Lipinski definition) is 0. The van der Waals surface area contributed by atoms with Crippen molar-refractivity contribution in [3.63, 3.8) is 0 Å². The van der Waals surface area contributed by atoms with Gasteiger partial charge in [-0.05, 0) is 62.3 Å². The Bertz CT molecular complexity index is 627. The van der Waals surface area contributed by atoms with Crippen molar-refractivity contribution in [2.45, 2.75) is 57.4 Å². The molecule has 2 rings (SSSR count). The Morgan fingerprint density at radius 3 is 2.48 bits per heavy atom. The molecule has 2 unspecified atom stereocenters. The maximum absolute atomic E-state index is 13.0. The van der Waals surface area contributed by atoms with Crippen LogP contribution in [0.1, 0.15) is 43.4 Å². The Balaban J connectivity index is 2.48. The average molecular weight is 330 g/mol. The molecule has 21 heavy (non-hydrogen) atoms. The molecule has 0 spiro atoms. The van der Waals surface area contributed by atoms with E-state index in [9.17, 15) is 8.42 Å². The Labute approximate surface area is 133 Å². The van der Waals surface area contributed by atoms with Crippen molar-refractivity contribution in [3.05, 3.63) is 28.8 Å². The molecule has 1 aromatic rings. The van der Waals surface area contributed by atoms with Gasteiger partial charge in [-0.15, -0.1) is 11.6 Å². The summed E-state index contributed by atoms with van der Waals surface area (Å²) in [7, 11) is -3.45. The van der Waals surface area contributed by atoms with E-state index in [0.29, 0.717) is 23.2 Å². The fraction of sp³-hybridized carbons (Fsp3) is 0.625. The maximum Gasteiger partial charge on any atom is 0.243 e. The fourth-order valence-corrected chi connectivity index (χ4v) is 5.33. The molecule has 0 saturated carbocycles. The lowest BCUT2D eigenvalue weighted by atomic mass is 9.97. The van der Waals surface area contributed by atoms with Gasteiger partial charge in [-0.25, -0.2) is 8.42 Å². The van der Waals surface area contributed by atoms with Gasteiger partial charge in [0.2, 0.25) is 10.0 Å². The summed E-state index contributed by atoms with van der Waals surface area (Å²) < 4.78 is 27.7. The van der Waals surface area contributed by atoms with Gasteiger partial charge >= 0.3 is 0 Å². The van der Waals surface area contributed by atoms with Crippen LogP contribution in [0.15, 0.2) is 17.0 Å². The van der Waals surface area contributed by atoms with Gasteiger partial charge in [-0.2, -0.15) is 4.31 Å². The highest BCUT2D eigenvalue weighted by Gasteiger charge is 2.34. The van der Waals surface area contributed by atoms with E-state index in [1.165, 1.54) is 0 Å². The van der Waals surface area contributed by atoms with Crippen LogP contribution in [0.2, 0.25) is 0 Å². The van der Waals surface area contributed by atoms with Crippen molar-refractivity contribution in [3.8, 4) is 0 Å². The van der Waals surface area contributed by atoms with E-state index >= 15 is 0 Å². The molecule has 1 fully saturated rings. The van der Waals surface area contributed by atoms with Crippen LogP contribution >= 0.6 is 11.6 Å². The van der Waals surface area contributed by atoms with Crippen LogP contribution in [-0.4, -0.2) is 25.3 Å². The first-order valence-electron chi connectivity index (χ1n) is 7.45. The van der Waals surface area contributed by atoms with Gasteiger partial charge in [-0.3, -0.25) is 0 Å². The Morgan fingerprint density at radius 1 is 1.19 bits per heavy atom. The zero-order valence-corrected chi connectivity index (χ0v) is 14.8. The van der Waals surface area contributed by atoms with Crippen molar-refractivity contribution >= 4 is 21.6 Å². The van der Waals surface area contributed by atoms with Gasteiger partial charge in [-0.1, -0.05) is 13.0 Å². The number of alkyl halides is 1. The average Bonchev–Trinajstić information content (AvgIpc) is 2.41. The lowest BCUT2D eigenvalue weighted by Crippen LogP contribution is -2.45. The van der Waals surface area contributed by atoms with Crippen molar-refractivity contribution < 1.29 is 8.42 Å². The fourth-order valence-electron chi connectivity index (χ4n) is 3.01. The summed E-state index contributed by atoms with van der Waals surface area (Å²) in [6.45, 7) is 8.53. The Kier molecular flexibility index (Phi) is 5.01. The number of sulfonamides is 1. The van der Waals surface area contributed by atoms with Crippen LogP contribution < -0.4 is 0 Å². The van der Waals surface area contributed by atoms with E-state index in [-0.39, 0.29) is 6.04 Å². The second-order valence-electron chi connectivity index (χ2n) is 6.28. The van der Waals surface area contributed by atoms with E-state index in [0.717, 1.165) is 29.5 Å². The normalized spacial score (nSPS) is 24.2. The van der Waals surface area contributed by atoms with Crippen LogP contribution in [0, 0.1) is 19.8 Å². The zero-order chi connectivity index (χ0) is 15.8. The molecular weight excluding hydrogens is 306 g/mol. The first-order valence-corrected chi connectivity index (χ1v) is 9.42. The quantitative estimate of drug-likeness (QED) is 0.790. The Morgan fingerprint density at radius 2 is 1.86 bits per heavy atom. The Hall–Kier alpha value is -0.580. The third-order valence-electron chi connectivity index (χ3n) is 4.42. The molecule has 0 amide bonds. The molecule has 1 saturated heterocycles. The lowest BCUT2D eigenvalue weighted by molar-refractivity contribution is 0.218. The first kappa shape index (κ1) is 16.8. The monoisotopic (exact) mass is 329 g/mol. The smallest absolute Gasteiger partial charge is 0.207 e. The molecule has 2 atom stereocenters. The predicted octanol–water partition coefficient (Wildman–Crippen LogP) is 3.85. The molecule has 1 aliphatic rings. The number of aryl methyl sites for hydroxylation is 2. The molecule has 1 heterocycles. The van der Waals surface area contributed by atoms with Crippen molar-refractivity contribution in [2.75, 3.05) is 6.54 Å². The van der Waals surface area contributed by atoms with Crippen LogP contribution in [-0.2, 0) is 15.9 Å². The van der Waals surface area contributed by atoms with Crippen molar-refractivity contribution in [1.29, 1.82) is 0 Å². The van der Waals surface area contributed by atoms with E-state index in [4.69, 9.17) is 11.6 Å². The minimum atomic E-state index is -3.45. The van der Waals surface area contributed by atoms with Gasteiger partial charge in [0.1, 0.15) is 0 Å². The molecule has 0 N–H and O–H groups in total. The third-order valence-corrected chi connectivity index (χ3v) is 6.83. The lowest BCUT2D eigenvalue weighted by Gasteiger charge is -2.36. The highest BCUT2D eigenvalue weighted by molar-refractivity contribution is 7.89. The summed E-state index contributed by atoms with van der Waals surface area (Å²) in [4.78, 5) is 0.407. The molecule has 118 valence electrons.